The van der Waals surface area contributed by atoms with Gasteiger partial charge in [0.25, 0.3) is 0 Å². The zero-order valence-corrected chi connectivity index (χ0v) is 28.0. The van der Waals surface area contributed by atoms with Gasteiger partial charge in [0, 0.05) is 7.92 Å². The van der Waals surface area contributed by atoms with E-state index in [-0.39, 0.29) is 40.8 Å². The average Bonchev–Trinajstić information content (AvgIpc) is 2.88. The molecule has 0 atom stereocenters. The first-order chi connectivity index (χ1) is 18.5. The Morgan fingerprint density at radius 3 is 1.62 bits per heavy atom. The van der Waals surface area contributed by atoms with Crippen LogP contribution in [0.5, 0.6) is 0 Å². The van der Waals surface area contributed by atoms with Gasteiger partial charge in [-0.1, -0.05) is 31.5 Å². The second-order valence-electron chi connectivity index (χ2n) is 15.1. The van der Waals surface area contributed by atoms with Crippen molar-refractivity contribution in [1.82, 2.24) is 0 Å². The average molecular weight is 672 g/mol. The molecule has 8 bridgehead atoms. The van der Waals surface area contributed by atoms with Crippen molar-refractivity contribution in [3.05, 3.63) is 60.2 Å². The fraction of sp³-hybridized carbons (Fsp3) is 0.694. The second kappa shape index (κ2) is 12.9. The summed E-state index contributed by atoms with van der Waals surface area (Å²) in [5.74, 6) is 7.01. The molecule has 9 aliphatic carbocycles. The molecule has 1 aromatic rings. The van der Waals surface area contributed by atoms with Crippen molar-refractivity contribution in [2.24, 2.45) is 41.2 Å². The van der Waals surface area contributed by atoms with Crippen molar-refractivity contribution in [2.45, 2.75) is 114 Å². The Kier molecular flexibility index (Phi) is 10.1. The summed E-state index contributed by atoms with van der Waals surface area (Å²) in [4.78, 5) is 0. The van der Waals surface area contributed by atoms with Gasteiger partial charge >= 0.3 is 20.4 Å². The first kappa shape index (κ1) is 31.3. The second-order valence-corrected chi connectivity index (χ2v) is 18.7. The van der Waals surface area contributed by atoms with E-state index in [1.54, 1.807) is 89.6 Å². The molecule has 10 rings (SSSR count). The molecule has 0 unspecified atom stereocenters. The van der Waals surface area contributed by atoms with Gasteiger partial charge in [0.1, 0.15) is 0 Å². The zero-order valence-electron chi connectivity index (χ0n) is 24.7. The molecule has 0 amide bonds. The predicted octanol–water partition coefficient (Wildman–Crippen LogP) is 6.46. The van der Waals surface area contributed by atoms with Gasteiger partial charge in [-0.25, -0.2) is 0 Å². The fourth-order valence-electron chi connectivity index (χ4n) is 11.9. The minimum atomic E-state index is -0.196. The summed E-state index contributed by atoms with van der Waals surface area (Å²) in [5, 5.41) is 1.83. The first-order valence-corrected chi connectivity index (χ1v) is 18.2. The Morgan fingerprint density at radius 1 is 0.775 bits per heavy atom. The number of rotatable bonds is 6. The largest absolute Gasteiger partial charge is 2.00 e. The van der Waals surface area contributed by atoms with E-state index in [9.17, 15) is 0 Å². The van der Waals surface area contributed by atoms with E-state index < -0.39 is 0 Å². The third-order valence-corrected chi connectivity index (χ3v) is 16.9. The van der Waals surface area contributed by atoms with Crippen LogP contribution in [0.25, 0.3) is 5.57 Å². The SMILES string of the molecule is CCCC[PH+](C12CC3CC(CC(C3)C1)C2)C12CC3CC(CC(C3)C1)C2.N[C-]1CC=CC=C1c1ccccc1.[Cl-].[Pd+2]. The molecule has 8 fully saturated rings. The molecule has 0 saturated heterocycles. The van der Waals surface area contributed by atoms with Crippen LogP contribution in [0.4, 0.5) is 0 Å². The third-order valence-electron chi connectivity index (χ3n) is 12.3. The maximum atomic E-state index is 5.91. The molecule has 4 heteroatoms. The van der Waals surface area contributed by atoms with E-state index in [1.807, 2.05) is 18.2 Å². The first-order valence-electron chi connectivity index (χ1n) is 16.4. The van der Waals surface area contributed by atoms with Crippen LogP contribution < -0.4 is 18.1 Å². The summed E-state index contributed by atoms with van der Waals surface area (Å²) in [6.45, 7) is 2.46. The van der Waals surface area contributed by atoms with Gasteiger partial charge in [-0.05, 0) is 125 Å². The molecule has 9 aliphatic rings. The van der Waals surface area contributed by atoms with E-state index >= 15 is 0 Å². The predicted molar refractivity (Wildman–Crippen MR) is 166 cm³/mol. The van der Waals surface area contributed by atoms with Crippen molar-refractivity contribution >= 4 is 13.5 Å². The maximum Gasteiger partial charge on any atom is 2.00 e. The number of halogens is 1. The van der Waals surface area contributed by atoms with Gasteiger partial charge in [-0.15, -0.1) is 35.9 Å². The van der Waals surface area contributed by atoms with Crippen LogP contribution in [0.1, 0.15) is 109 Å². The fourth-order valence-corrected chi connectivity index (χ4v) is 18.0. The van der Waals surface area contributed by atoms with Crippen LogP contribution in [-0.2, 0) is 20.4 Å². The van der Waals surface area contributed by atoms with Gasteiger partial charge in [-0.2, -0.15) is 11.6 Å². The summed E-state index contributed by atoms with van der Waals surface area (Å²) < 4.78 is 0. The summed E-state index contributed by atoms with van der Waals surface area (Å²) in [7, 11) is -0.196. The minimum absolute atomic E-state index is 0. The van der Waals surface area contributed by atoms with Crippen LogP contribution in [-0.4, -0.2) is 16.5 Å². The Morgan fingerprint density at radius 2 is 1.23 bits per heavy atom. The molecular weight excluding hydrogens is 619 g/mol. The van der Waals surface area contributed by atoms with Crippen molar-refractivity contribution in [2.75, 3.05) is 6.16 Å². The van der Waals surface area contributed by atoms with Crippen molar-refractivity contribution in [3.8, 4) is 0 Å². The quantitative estimate of drug-likeness (QED) is 0.210. The molecule has 0 heterocycles. The van der Waals surface area contributed by atoms with Gasteiger partial charge in [0.05, 0.1) is 16.5 Å². The molecule has 0 spiro atoms. The Bertz CT molecular complexity index is 936. The topological polar surface area (TPSA) is 26.0 Å². The smallest absolute Gasteiger partial charge is 1.00 e. The summed E-state index contributed by atoms with van der Waals surface area (Å²) in [6, 6.07) is 11.2. The number of allylic oxidation sites excluding steroid dienone is 2. The number of hydrogen-bond donors (Lipinski definition) is 1. The van der Waals surface area contributed by atoms with E-state index in [1.165, 1.54) is 47.5 Å². The van der Waals surface area contributed by atoms with Crippen LogP contribution in [0, 0.1) is 41.5 Å². The van der Waals surface area contributed by atoms with Gasteiger partial charge in [-0.3, -0.25) is 0 Å². The Balaban J connectivity index is 0.000000185. The summed E-state index contributed by atoms with van der Waals surface area (Å²) >= 11 is 0. The summed E-state index contributed by atoms with van der Waals surface area (Å²) in [5.41, 5.74) is 8.26. The van der Waals surface area contributed by atoms with E-state index in [0.717, 1.165) is 28.3 Å². The standard InChI is InChI=1S/C24H39P.C12H12N.ClH.Pd/c1-2-3-4-25(23-11-17-5-18(12-23)7-19(6-17)13-23)24-14-20-8-21(15-24)10-22(9-20)16-24;13-12-9-5-4-8-11(12)10-6-2-1-3-7-10;;/h17-22H,2-16H2,1H3;1-8H,9,13H2;1H;/q;-1;;+2. The van der Waals surface area contributed by atoms with Gasteiger partial charge in [0.15, 0.2) is 0 Å². The molecular formula is C36H52ClNPPd+. The molecule has 2 N–H and O–H groups in total. The van der Waals surface area contributed by atoms with Crippen LogP contribution in [0.2, 0.25) is 0 Å². The molecule has 40 heavy (non-hydrogen) atoms. The van der Waals surface area contributed by atoms with Crippen molar-refractivity contribution in [3.63, 3.8) is 0 Å². The third kappa shape index (κ3) is 5.98. The van der Waals surface area contributed by atoms with Crippen molar-refractivity contribution in [1.29, 1.82) is 0 Å². The Hall–Kier alpha value is -0.0877. The minimum Gasteiger partial charge on any atom is -1.00 e. The van der Waals surface area contributed by atoms with Crippen LogP contribution in [0.15, 0.2) is 48.6 Å². The van der Waals surface area contributed by atoms with Crippen LogP contribution >= 0.6 is 7.92 Å². The summed E-state index contributed by atoms with van der Waals surface area (Å²) in [6.07, 6.45) is 31.9. The molecule has 1 aromatic carbocycles. The zero-order chi connectivity index (χ0) is 25.7. The van der Waals surface area contributed by atoms with Gasteiger partial charge < -0.3 is 18.1 Å². The van der Waals surface area contributed by atoms with Gasteiger partial charge in [0.2, 0.25) is 0 Å². The molecule has 0 aromatic heterocycles. The molecule has 222 valence electrons. The maximum absolute atomic E-state index is 5.91. The monoisotopic (exact) mass is 670 g/mol. The number of hydrogen-bond acceptors (Lipinski definition) is 1. The molecule has 0 radical (unpaired) electrons. The number of nitrogens with two attached hydrogens (primary N) is 1. The normalized spacial score (nSPS) is 40.5. The van der Waals surface area contributed by atoms with Crippen LogP contribution in [0.3, 0.4) is 0 Å². The van der Waals surface area contributed by atoms with E-state index in [4.69, 9.17) is 5.73 Å². The molecule has 1 nitrogen and oxygen atoms in total. The van der Waals surface area contributed by atoms with E-state index in [0.29, 0.717) is 0 Å². The van der Waals surface area contributed by atoms with Crippen molar-refractivity contribution < 1.29 is 32.8 Å². The Labute approximate surface area is 266 Å². The molecule has 8 saturated carbocycles. The van der Waals surface area contributed by atoms with E-state index in [2.05, 4.69) is 37.3 Å². The molecule has 0 aliphatic heterocycles. The number of unbranched alkanes of at least 4 members (excludes halogenated alkanes) is 1. The number of benzene rings is 1.